The molecule has 1 aliphatic rings. The van der Waals surface area contributed by atoms with Crippen molar-refractivity contribution in [3.8, 4) is 11.5 Å². The lowest BCUT2D eigenvalue weighted by molar-refractivity contribution is -0.143. The Balaban J connectivity index is 1.47. The summed E-state index contributed by atoms with van der Waals surface area (Å²) in [6.07, 6.45) is 3.70. The summed E-state index contributed by atoms with van der Waals surface area (Å²) in [6, 6.07) is 20.3. The Morgan fingerprint density at radius 2 is 1.67 bits per heavy atom. The first-order valence-corrected chi connectivity index (χ1v) is 13.6. The molecule has 4 rings (SSSR count). The zero-order chi connectivity index (χ0) is 28.2. The van der Waals surface area contributed by atoms with Crippen LogP contribution in [0.2, 0.25) is 0 Å². The number of fused-ring (bicyclic) bond motifs is 1. The second kappa shape index (κ2) is 11.9. The lowest BCUT2D eigenvalue weighted by Crippen LogP contribution is -2.25. The molecule has 0 spiro atoms. The average molecular weight is 530 g/mol. The van der Waals surface area contributed by atoms with Gasteiger partial charge in [0.25, 0.3) is 0 Å². The largest absolute Gasteiger partial charge is 0.497 e. The van der Waals surface area contributed by atoms with Gasteiger partial charge in [-0.2, -0.15) is 0 Å². The van der Waals surface area contributed by atoms with Crippen LogP contribution in [0.1, 0.15) is 67.9 Å². The van der Waals surface area contributed by atoms with Gasteiger partial charge in [-0.05, 0) is 105 Å². The Morgan fingerprint density at radius 1 is 0.974 bits per heavy atom. The SMILES string of the molecule is COc1ccc(C2CCc3cc(OC(=O)C(C)(C)C)ccc3C2)c(NC(C)Cc2ccc(CC(=O)O)cc2)c1. The lowest BCUT2D eigenvalue weighted by Gasteiger charge is -2.29. The summed E-state index contributed by atoms with van der Waals surface area (Å²) in [6.45, 7) is 7.73. The van der Waals surface area contributed by atoms with Gasteiger partial charge in [0.1, 0.15) is 11.5 Å². The molecule has 2 unspecified atom stereocenters. The Kier molecular flexibility index (Phi) is 8.63. The van der Waals surface area contributed by atoms with Crippen molar-refractivity contribution in [2.24, 2.45) is 5.41 Å². The Labute approximate surface area is 231 Å². The number of rotatable bonds is 9. The predicted octanol–water partition coefficient (Wildman–Crippen LogP) is 6.59. The van der Waals surface area contributed by atoms with Crippen molar-refractivity contribution < 1.29 is 24.2 Å². The molecule has 206 valence electrons. The van der Waals surface area contributed by atoms with Gasteiger partial charge in [0.15, 0.2) is 0 Å². The average Bonchev–Trinajstić information content (AvgIpc) is 2.88. The number of methoxy groups -OCH3 is 1. The molecule has 0 fully saturated rings. The standard InChI is InChI=1S/C33H39NO5/c1-21(16-22-6-8-23(9-7-22)17-31(35)36)34-30-20-27(38-5)14-15-29(30)26-11-10-25-19-28(13-12-24(25)18-26)39-32(37)33(2,3)4/h6-9,12-15,19-21,26,34H,10-11,16-18H2,1-5H3,(H,35,36). The molecule has 0 radical (unpaired) electrons. The molecule has 2 N–H and O–H groups in total. The maximum atomic E-state index is 12.3. The first-order valence-electron chi connectivity index (χ1n) is 13.6. The molecule has 0 heterocycles. The minimum atomic E-state index is -0.821. The highest BCUT2D eigenvalue weighted by atomic mass is 16.5. The van der Waals surface area contributed by atoms with E-state index in [2.05, 4.69) is 30.4 Å². The van der Waals surface area contributed by atoms with Crippen molar-refractivity contribution in [3.05, 3.63) is 88.5 Å². The smallest absolute Gasteiger partial charge is 0.316 e. The first kappa shape index (κ1) is 28.2. The van der Waals surface area contributed by atoms with Crippen LogP contribution in [0.25, 0.3) is 0 Å². The minimum absolute atomic E-state index is 0.0369. The molecule has 0 aliphatic heterocycles. The molecule has 3 aromatic carbocycles. The number of aliphatic carboxylic acids is 1. The molecule has 0 bridgehead atoms. The number of carbonyl (C=O) groups is 2. The van der Waals surface area contributed by atoms with E-state index in [4.69, 9.17) is 14.6 Å². The summed E-state index contributed by atoms with van der Waals surface area (Å²) in [4.78, 5) is 23.3. The Bertz CT molecular complexity index is 1320. The van der Waals surface area contributed by atoms with Crippen LogP contribution in [0.15, 0.2) is 60.7 Å². The van der Waals surface area contributed by atoms with Crippen LogP contribution in [0.4, 0.5) is 5.69 Å². The molecule has 1 aliphatic carbocycles. The predicted molar refractivity (Wildman–Crippen MR) is 154 cm³/mol. The molecule has 0 saturated heterocycles. The van der Waals surface area contributed by atoms with Crippen LogP contribution in [0.5, 0.6) is 11.5 Å². The van der Waals surface area contributed by atoms with Crippen LogP contribution in [-0.2, 0) is 35.3 Å². The fourth-order valence-corrected chi connectivity index (χ4v) is 5.10. The van der Waals surface area contributed by atoms with E-state index in [1.54, 1.807) is 7.11 Å². The third-order valence-electron chi connectivity index (χ3n) is 7.25. The van der Waals surface area contributed by atoms with Gasteiger partial charge in [-0.15, -0.1) is 0 Å². The number of carbonyl (C=O) groups excluding carboxylic acids is 1. The highest BCUT2D eigenvalue weighted by molar-refractivity contribution is 5.78. The maximum Gasteiger partial charge on any atom is 0.316 e. The number of hydrogen-bond acceptors (Lipinski definition) is 5. The van der Waals surface area contributed by atoms with E-state index in [0.717, 1.165) is 48.2 Å². The van der Waals surface area contributed by atoms with E-state index < -0.39 is 11.4 Å². The van der Waals surface area contributed by atoms with E-state index in [1.165, 1.54) is 16.7 Å². The molecule has 3 aromatic rings. The van der Waals surface area contributed by atoms with Crippen molar-refractivity contribution in [2.45, 2.75) is 71.8 Å². The summed E-state index contributed by atoms with van der Waals surface area (Å²) >= 11 is 0. The van der Waals surface area contributed by atoms with Gasteiger partial charge in [-0.3, -0.25) is 9.59 Å². The Hall–Kier alpha value is -3.80. The number of carboxylic acids is 1. The topological polar surface area (TPSA) is 84.9 Å². The van der Waals surface area contributed by atoms with Crippen molar-refractivity contribution in [1.29, 1.82) is 0 Å². The Morgan fingerprint density at radius 3 is 2.33 bits per heavy atom. The second-order valence-electron chi connectivity index (χ2n) is 11.6. The number of aryl methyl sites for hydroxylation is 1. The van der Waals surface area contributed by atoms with Crippen LogP contribution in [-0.4, -0.2) is 30.2 Å². The second-order valence-corrected chi connectivity index (χ2v) is 11.6. The fraction of sp³-hybridized carbons (Fsp3) is 0.394. The zero-order valence-electron chi connectivity index (χ0n) is 23.5. The van der Waals surface area contributed by atoms with E-state index in [0.29, 0.717) is 11.7 Å². The minimum Gasteiger partial charge on any atom is -0.497 e. The molecule has 0 amide bonds. The number of ether oxygens (including phenoxy) is 2. The first-order chi connectivity index (χ1) is 18.5. The monoisotopic (exact) mass is 529 g/mol. The van der Waals surface area contributed by atoms with E-state index in [9.17, 15) is 9.59 Å². The van der Waals surface area contributed by atoms with Gasteiger partial charge in [0.2, 0.25) is 0 Å². The van der Waals surface area contributed by atoms with E-state index in [-0.39, 0.29) is 18.4 Å². The molecule has 0 saturated carbocycles. The molecular formula is C33H39NO5. The number of carboxylic acid groups (broad SMARTS) is 1. The van der Waals surface area contributed by atoms with Crippen molar-refractivity contribution in [3.63, 3.8) is 0 Å². The highest BCUT2D eigenvalue weighted by Crippen LogP contribution is 2.39. The van der Waals surface area contributed by atoms with Gasteiger partial charge < -0.3 is 19.9 Å². The molecular weight excluding hydrogens is 490 g/mol. The van der Waals surface area contributed by atoms with E-state index >= 15 is 0 Å². The van der Waals surface area contributed by atoms with Crippen LogP contribution >= 0.6 is 0 Å². The van der Waals surface area contributed by atoms with Gasteiger partial charge in [-0.25, -0.2) is 0 Å². The molecule has 6 nitrogen and oxygen atoms in total. The maximum absolute atomic E-state index is 12.3. The van der Waals surface area contributed by atoms with Crippen molar-refractivity contribution in [1.82, 2.24) is 0 Å². The summed E-state index contributed by atoms with van der Waals surface area (Å²) in [7, 11) is 1.68. The summed E-state index contributed by atoms with van der Waals surface area (Å²) in [5.74, 6) is 0.738. The number of benzene rings is 3. The van der Waals surface area contributed by atoms with E-state index in [1.807, 2.05) is 63.2 Å². The van der Waals surface area contributed by atoms with Crippen molar-refractivity contribution >= 4 is 17.6 Å². The number of anilines is 1. The van der Waals surface area contributed by atoms with Gasteiger partial charge in [0.05, 0.1) is 18.9 Å². The third kappa shape index (κ3) is 7.41. The van der Waals surface area contributed by atoms with Crippen LogP contribution < -0.4 is 14.8 Å². The number of esters is 1. The number of nitrogens with one attached hydrogen (secondary N) is 1. The zero-order valence-corrected chi connectivity index (χ0v) is 23.5. The van der Waals surface area contributed by atoms with Crippen molar-refractivity contribution in [2.75, 3.05) is 12.4 Å². The van der Waals surface area contributed by atoms with Crippen LogP contribution in [0.3, 0.4) is 0 Å². The number of hydrogen-bond donors (Lipinski definition) is 2. The molecule has 0 aromatic heterocycles. The fourth-order valence-electron chi connectivity index (χ4n) is 5.10. The summed E-state index contributed by atoms with van der Waals surface area (Å²) in [5.41, 5.74) is 6.30. The molecule has 6 heteroatoms. The molecule has 39 heavy (non-hydrogen) atoms. The normalized spacial score (nSPS) is 15.7. The third-order valence-corrected chi connectivity index (χ3v) is 7.25. The summed E-state index contributed by atoms with van der Waals surface area (Å²) in [5, 5.41) is 12.7. The van der Waals surface area contributed by atoms with Crippen LogP contribution in [0, 0.1) is 5.41 Å². The van der Waals surface area contributed by atoms with Gasteiger partial charge in [-0.1, -0.05) is 36.4 Å². The van der Waals surface area contributed by atoms with Gasteiger partial charge >= 0.3 is 11.9 Å². The quantitative estimate of drug-likeness (QED) is 0.240. The van der Waals surface area contributed by atoms with Gasteiger partial charge in [0, 0.05) is 17.8 Å². The summed E-state index contributed by atoms with van der Waals surface area (Å²) < 4.78 is 11.2. The molecule has 2 atom stereocenters. The lowest BCUT2D eigenvalue weighted by atomic mass is 9.79. The highest BCUT2D eigenvalue weighted by Gasteiger charge is 2.26.